The van der Waals surface area contributed by atoms with E-state index in [1.54, 1.807) is 6.07 Å². The molecule has 1 fully saturated rings. The minimum absolute atomic E-state index is 0.00418. The van der Waals surface area contributed by atoms with Crippen molar-refractivity contribution in [2.75, 3.05) is 10.6 Å². The van der Waals surface area contributed by atoms with Crippen LogP contribution >= 0.6 is 0 Å². The number of pyridine rings is 1. The van der Waals surface area contributed by atoms with Crippen molar-refractivity contribution in [3.8, 4) is 6.07 Å². The number of nitrogens with zero attached hydrogens (tertiary/aromatic N) is 4. The van der Waals surface area contributed by atoms with Crippen molar-refractivity contribution >= 4 is 17.5 Å². The normalized spacial score (nSPS) is 20.0. The van der Waals surface area contributed by atoms with Gasteiger partial charge in [-0.1, -0.05) is 0 Å². The fraction of sp³-hybridized carbons (Fsp3) is 0.412. The Kier molecular flexibility index (Phi) is 5.41. The number of alkyl halides is 3. The topological polar surface area (TPSA) is 113 Å². The predicted molar refractivity (Wildman–Crippen MR) is 93.1 cm³/mol. The molecule has 27 heavy (non-hydrogen) atoms. The van der Waals surface area contributed by atoms with Gasteiger partial charge in [0.15, 0.2) is 0 Å². The second-order valence-electron chi connectivity index (χ2n) is 6.38. The largest absolute Gasteiger partial charge is 0.421 e. The lowest BCUT2D eigenvalue weighted by molar-refractivity contribution is -0.137. The van der Waals surface area contributed by atoms with Gasteiger partial charge in [0, 0.05) is 18.3 Å². The number of halogens is 3. The van der Waals surface area contributed by atoms with Crippen LogP contribution in [0.5, 0.6) is 0 Å². The summed E-state index contributed by atoms with van der Waals surface area (Å²) < 4.78 is 39.9. The third-order valence-corrected chi connectivity index (χ3v) is 4.34. The van der Waals surface area contributed by atoms with E-state index in [1.807, 2.05) is 6.07 Å². The molecule has 7 nitrogen and oxygen atoms in total. The van der Waals surface area contributed by atoms with Gasteiger partial charge in [-0.05, 0) is 37.8 Å². The lowest BCUT2D eigenvalue weighted by Gasteiger charge is -2.28. The molecule has 0 saturated heterocycles. The summed E-state index contributed by atoms with van der Waals surface area (Å²) in [6.07, 6.45) is 0.453. The Morgan fingerprint density at radius 3 is 2.44 bits per heavy atom. The fourth-order valence-electron chi connectivity index (χ4n) is 2.88. The zero-order chi connectivity index (χ0) is 19.4. The van der Waals surface area contributed by atoms with E-state index in [2.05, 4.69) is 25.6 Å². The average Bonchev–Trinajstić information content (AvgIpc) is 2.63. The average molecular weight is 377 g/mol. The number of hydrogen-bond acceptors (Lipinski definition) is 7. The van der Waals surface area contributed by atoms with Crippen LogP contribution in [0.25, 0.3) is 0 Å². The maximum Gasteiger partial charge on any atom is 0.421 e. The van der Waals surface area contributed by atoms with Crippen molar-refractivity contribution in [1.29, 1.82) is 5.26 Å². The number of nitriles is 1. The van der Waals surface area contributed by atoms with E-state index in [0.29, 0.717) is 18.5 Å². The van der Waals surface area contributed by atoms with Crippen LogP contribution in [0, 0.1) is 11.3 Å². The van der Waals surface area contributed by atoms with Crippen LogP contribution in [-0.2, 0) is 6.18 Å². The first kappa shape index (κ1) is 18.8. The zero-order valence-corrected chi connectivity index (χ0v) is 14.3. The van der Waals surface area contributed by atoms with E-state index in [9.17, 15) is 13.2 Å². The maximum absolute atomic E-state index is 13.3. The van der Waals surface area contributed by atoms with Crippen LogP contribution in [0.4, 0.5) is 30.6 Å². The molecule has 2 heterocycles. The van der Waals surface area contributed by atoms with E-state index >= 15 is 0 Å². The van der Waals surface area contributed by atoms with Crippen molar-refractivity contribution in [2.24, 2.45) is 5.73 Å². The fourth-order valence-corrected chi connectivity index (χ4v) is 2.88. The molecule has 1 saturated carbocycles. The summed E-state index contributed by atoms with van der Waals surface area (Å²) in [5.41, 5.74) is 5.62. The highest BCUT2D eigenvalue weighted by molar-refractivity contribution is 5.56. The van der Waals surface area contributed by atoms with Crippen LogP contribution in [0.3, 0.4) is 0 Å². The van der Waals surface area contributed by atoms with Crippen molar-refractivity contribution in [2.45, 2.75) is 43.9 Å². The van der Waals surface area contributed by atoms with Gasteiger partial charge in [-0.25, -0.2) is 9.97 Å². The Bertz CT molecular complexity index is 822. The van der Waals surface area contributed by atoms with Crippen LogP contribution < -0.4 is 16.4 Å². The Balaban J connectivity index is 1.82. The molecular weight excluding hydrogens is 359 g/mol. The number of hydrogen-bond donors (Lipinski definition) is 3. The van der Waals surface area contributed by atoms with Gasteiger partial charge >= 0.3 is 6.18 Å². The summed E-state index contributed by atoms with van der Waals surface area (Å²) in [6.45, 7) is 0. The van der Waals surface area contributed by atoms with E-state index in [1.165, 1.54) is 12.3 Å². The van der Waals surface area contributed by atoms with E-state index in [0.717, 1.165) is 19.0 Å². The molecule has 0 unspecified atom stereocenters. The highest BCUT2D eigenvalue weighted by Gasteiger charge is 2.36. The molecule has 10 heteroatoms. The molecule has 0 spiro atoms. The number of nitrogens with one attached hydrogen (secondary N) is 2. The van der Waals surface area contributed by atoms with Gasteiger partial charge in [0.25, 0.3) is 0 Å². The molecule has 0 amide bonds. The minimum atomic E-state index is -4.57. The van der Waals surface area contributed by atoms with E-state index in [-0.39, 0.29) is 29.5 Å². The van der Waals surface area contributed by atoms with E-state index < -0.39 is 11.7 Å². The lowest BCUT2D eigenvalue weighted by Crippen LogP contribution is -2.33. The Morgan fingerprint density at radius 2 is 1.85 bits per heavy atom. The summed E-state index contributed by atoms with van der Waals surface area (Å²) in [6, 6.07) is 4.91. The minimum Gasteiger partial charge on any atom is -0.367 e. The van der Waals surface area contributed by atoms with Gasteiger partial charge in [-0.2, -0.15) is 23.4 Å². The van der Waals surface area contributed by atoms with Gasteiger partial charge in [-0.3, -0.25) is 0 Å². The predicted octanol–water partition coefficient (Wildman–Crippen LogP) is 3.19. The van der Waals surface area contributed by atoms with Gasteiger partial charge < -0.3 is 16.4 Å². The first-order chi connectivity index (χ1) is 12.8. The Morgan fingerprint density at radius 1 is 1.11 bits per heavy atom. The third kappa shape index (κ3) is 4.83. The molecule has 3 rings (SSSR count). The molecule has 4 N–H and O–H groups in total. The second-order valence-corrected chi connectivity index (χ2v) is 6.38. The highest BCUT2D eigenvalue weighted by Crippen LogP contribution is 2.35. The molecular formula is C17H18F3N7. The monoisotopic (exact) mass is 377 g/mol. The quantitative estimate of drug-likeness (QED) is 0.750. The molecule has 0 bridgehead atoms. The van der Waals surface area contributed by atoms with Crippen LogP contribution in [0.15, 0.2) is 24.5 Å². The molecule has 2 aromatic rings. The summed E-state index contributed by atoms with van der Waals surface area (Å²) in [7, 11) is 0. The van der Waals surface area contributed by atoms with Crippen molar-refractivity contribution < 1.29 is 13.2 Å². The lowest BCUT2D eigenvalue weighted by atomic mass is 9.92. The van der Waals surface area contributed by atoms with Gasteiger partial charge in [-0.15, -0.1) is 0 Å². The highest BCUT2D eigenvalue weighted by atomic mass is 19.4. The summed E-state index contributed by atoms with van der Waals surface area (Å²) >= 11 is 0. The molecule has 0 aliphatic heterocycles. The summed E-state index contributed by atoms with van der Waals surface area (Å²) in [4.78, 5) is 11.7. The van der Waals surface area contributed by atoms with Crippen LogP contribution in [0.2, 0.25) is 0 Å². The van der Waals surface area contributed by atoms with Crippen molar-refractivity contribution in [1.82, 2.24) is 15.0 Å². The zero-order valence-electron chi connectivity index (χ0n) is 14.3. The number of rotatable bonds is 4. The number of aromatic nitrogens is 3. The van der Waals surface area contributed by atoms with Gasteiger partial charge in [0.05, 0.1) is 11.9 Å². The number of anilines is 3. The van der Waals surface area contributed by atoms with Gasteiger partial charge in [0.1, 0.15) is 23.1 Å². The Hall–Kier alpha value is -2.93. The standard InChI is InChI=1S/C17H18F3N7/c18-17(19,20)14-9-24-16(26-13-6-5-12(7-21)23-8-13)27-15(14)25-11-3-1-10(22)2-4-11/h5-6,8-11H,1-4,22H2,(H2,24,25,26,27). The van der Waals surface area contributed by atoms with Gasteiger partial charge in [0.2, 0.25) is 5.95 Å². The maximum atomic E-state index is 13.3. The van der Waals surface area contributed by atoms with E-state index in [4.69, 9.17) is 11.0 Å². The third-order valence-electron chi connectivity index (χ3n) is 4.34. The molecule has 142 valence electrons. The first-order valence-electron chi connectivity index (χ1n) is 8.44. The Labute approximate surface area is 153 Å². The van der Waals surface area contributed by atoms with Crippen LogP contribution in [-0.4, -0.2) is 27.0 Å². The summed E-state index contributed by atoms with van der Waals surface area (Å²) in [5.74, 6) is -0.258. The summed E-state index contributed by atoms with van der Waals surface area (Å²) in [5, 5.41) is 14.4. The molecule has 0 aromatic carbocycles. The molecule has 1 aliphatic rings. The van der Waals surface area contributed by atoms with Crippen molar-refractivity contribution in [3.05, 3.63) is 35.8 Å². The molecule has 2 aromatic heterocycles. The smallest absolute Gasteiger partial charge is 0.367 e. The van der Waals surface area contributed by atoms with Crippen molar-refractivity contribution in [3.63, 3.8) is 0 Å². The molecule has 1 aliphatic carbocycles. The second kappa shape index (κ2) is 7.75. The SMILES string of the molecule is N#Cc1ccc(Nc2ncc(C(F)(F)F)c(NC3CCC(N)CC3)n2)cn1. The molecule has 0 atom stereocenters. The first-order valence-corrected chi connectivity index (χ1v) is 8.44. The van der Waals surface area contributed by atoms with Crippen LogP contribution in [0.1, 0.15) is 36.9 Å². The number of nitrogens with two attached hydrogens (primary N) is 1. The molecule has 0 radical (unpaired) electrons.